The van der Waals surface area contributed by atoms with Crippen molar-refractivity contribution < 1.29 is 27.6 Å². The number of aliphatic hydroxyl groups excluding tert-OH is 1. The van der Waals surface area contributed by atoms with Crippen LogP contribution in [0.4, 0.5) is 0 Å². The average Bonchev–Trinajstić information content (AvgIpc) is 2.30. The molecule has 1 heterocycles. The molecule has 1 aromatic carbocycles. The van der Waals surface area contributed by atoms with Crippen LogP contribution < -0.4 is 17.7 Å². The van der Waals surface area contributed by atoms with Crippen LogP contribution in [-0.2, 0) is 11.3 Å². The van der Waals surface area contributed by atoms with Crippen LogP contribution in [0.5, 0.6) is 0 Å². The molecule has 3 nitrogen and oxygen atoms in total. The number of hydrogen-bond donors (Lipinski definition) is 2. The van der Waals surface area contributed by atoms with E-state index in [9.17, 15) is 5.11 Å². The summed E-state index contributed by atoms with van der Waals surface area (Å²) in [6.45, 7) is 2.88. The molecule has 4 heteroatoms. The Morgan fingerprint density at radius 3 is 2.87 bits per heavy atom. The highest BCUT2D eigenvalue weighted by molar-refractivity contribution is 5.28. The first-order valence-corrected chi connectivity index (χ1v) is 5.03. The van der Waals surface area contributed by atoms with E-state index in [4.69, 9.17) is 4.74 Å². The molecule has 0 aromatic heterocycles. The Bertz CT molecular complexity index is 300. The van der Waals surface area contributed by atoms with Gasteiger partial charge in [-0.2, -0.15) is 0 Å². The van der Waals surface area contributed by atoms with Gasteiger partial charge in [0.15, 0.2) is 0 Å². The van der Waals surface area contributed by atoms with Crippen LogP contribution in [0.25, 0.3) is 0 Å². The van der Waals surface area contributed by atoms with Crippen LogP contribution >= 0.6 is 0 Å². The maximum atomic E-state index is 9.18. The summed E-state index contributed by atoms with van der Waals surface area (Å²) >= 11 is 0. The first kappa shape index (κ1) is 12.5. The molecule has 1 aromatic rings. The van der Waals surface area contributed by atoms with E-state index in [1.165, 1.54) is 0 Å². The van der Waals surface area contributed by atoms with E-state index in [-0.39, 0.29) is 25.1 Å². The zero-order chi connectivity index (χ0) is 9.80. The molecule has 84 valence electrons. The molecule has 15 heavy (non-hydrogen) atoms. The molecular formula is C11H16ClNO2. The van der Waals surface area contributed by atoms with Gasteiger partial charge in [-0.15, -0.1) is 0 Å². The van der Waals surface area contributed by atoms with E-state index < -0.39 is 0 Å². The van der Waals surface area contributed by atoms with Gasteiger partial charge < -0.3 is 27.6 Å². The van der Waals surface area contributed by atoms with Gasteiger partial charge in [-0.25, -0.2) is 0 Å². The Morgan fingerprint density at radius 1 is 1.40 bits per heavy atom. The van der Waals surface area contributed by atoms with Crippen LogP contribution in [0.15, 0.2) is 24.3 Å². The summed E-state index contributed by atoms with van der Waals surface area (Å²) in [7, 11) is 0. The fourth-order valence-corrected chi connectivity index (χ4v) is 1.84. The molecule has 1 aliphatic heterocycles. The molecule has 0 aliphatic carbocycles. The molecule has 1 fully saturated rings. The summed E-state index contributed by atoms with van der Waals surface area (Å²) in [6.07, 6.45) is 0.145. The maximum Gasteiger partial charge on any atom is 0.132 e. The van der Waals surface area contributed by atoms with E-state index in [0.29, 0.717) is 0 Å². The SMILES string of the molecule is OCc1ccccc1C1C[NH2+]CCO1.[Cl-]. The highest BCUT2D eigenvalue weighted by Gasteiger charge is 2.20. The first-order valence-electron chi connectivity index (χ1n) is 5.03. The number of nitrogens with two attached hydrogens (primary N) is 1. The standard InChI is InChI=1S/C11H15NO2.ClH/c13-8-9-3-1-2-4-10(9)11-7-12-5-6-14-11;/h1-4,11-13H,5-8H2;1H. The molecule has 0 bridgehead atoms. The third kappa shape index (κ3) is 2.92. The van der Waals surface area contributed by atoms with Gasteiger partial charge in [-0.05, 0) is 11.1 Å². The van der Waals surface area contributed by atoms with E-state index in [0.717, 1.165) is 30.8 Å². The summed E-state index contributed by atoms with van der Waals surface area (Å²) in [5.74, 6) is 0. The summed E-state index contributed by atoms with van der Waals surface area (Å²) in [6, 6.07) is 7.93. The quantitative estimate of drug-likeness (QED) is 0.562. The van der Waals surface area contributed by atoms with Gasteiger partial charge >= 0.3 is 0 Å². The Morgan fingerprint density at radius 2 is 2.20 bits per heavy atom. The normalized spacial score (nSPS) is 20.7. The molecule has 2 rings (SSSR count). The van der Waals surface area contributed by atoms with Crippen LogP contribution in [0.2, 0.25) is 0 Å². The van der Waals surface area contributed by atoms with Gasteiger partial charge in [0.05, 0.1) is 19.8 Å². The van der Waals surface area contributed by atoms with Gasteiger partial charge in [0.1, 0.15) is 12.6 Å². The van der Waals surface area contributed by atoms with Crippen LogP contribution in [0.3, 0.4) is 0 Å². The van der Waals surface area contributed by atoms with Crippen molar-refractivity contribution in [2.45, 2.75) is 12.7 Å². The summed E-state index contributed by atoms with van der Waals surface area (Å²) in [4.78, 5) is 0. The fourth-order valence-electron chi connectivity index (χ4n) is 1.84. The number of ether oxygens (including phenoxy) is 1. The van der Waals surface area contributed by atoms with Crippen molar-refractivity contribution in [2.75, 3.05) is 19.7 Å². The Labute approximate surface area is 95.9 Å². The fraction of sp³-hybridized carbons (Fsp3) is 0.455. The second-order valence-electron chi connectivity index (χ2n) is 3.53. The molecule has 0 amide bonds. The van der Waals surface area contributed by atoms with Crippen molar-refractivity contribution in [3.63, 3.8) is 0 Å². The molecule has 1 saturated heterocycles. The monoisotopic (exact) mass is 229 g/mol. The number of benzene rings is 1. The largest absolute Gasteiger partial charge is 1.00 e. The van der Waals surface area contributed by atoms with E-state index >= 15 is 0 Å². The zero-order valence-electron chi connectivity index (χ0n) is 8.53. The number of rotatable bonds is 2. The van der Waals surface area contributed by atoms with Gasteiger partial charge in [0, 0.05) is 0 Å². The molecule has 0 saturated carbocycles. The first-order chi connectivity index (χ1) is 6.92. The average molecular weight is 230 g/mol. The second-order valence-corrected chi connectivity index (χ2v) is 3.53. The van der Waals surface area contributed by atoms with Gasteiger partial charge in [-0.3, -0.25) is 0 Å². The van der Waals surface area contributed by atoms with Crippen molar-refractivity contribution in [2.24, 2.45) is 0 Å². The molecule has 3 N–H and O–H groups in total. The van der Waals surface area contributed by atoms with Crippen molar-refractivity contribution in [1.82, 2.24) is 0 Å². The molecule has 0 radical (unpaired) electrons. The summed E-state index contributed by atoms with van der Waals surface area (Å²) in [5, 5.41) is 11.4. The molecular weight excluding hydrogens is 214 g/mol. The third-order valence-corrected chi connectivity index (χ3v) is 2.59. The minimum Gasteiger partial charge on any atom is -1.00 e. The minimum atomic E-state index is 0. The number of hydrogen-bond acceptors (Lipinski definition) is 2. The molecule has 1 unspecified atom stereocenters. The van der Waals surface area contributed by atoms with Crippen LogP contribution in [0.1, 0.15) is 17.2 Å². The van der Waals surface area contributed by atoms with E-state index in [2.05, 4.69) is 5.32 Å². The van der Waals surface area contributed by atoms with Crippen molar-refractivity contribution in [1.29, 1.82) is 0 Å². The van der Waals surface area contributed by atoms with E-state index in [1.807, 2.05) is 24.3 Å². The summed E-state index contributed by atoms with van der Waals surface area (Å²) < 4.78 is 5.66. The lowest BCUT2D eigenvalue weighted by molar-refractivity contribution is -0.678. The maximum absolute atomic E-state index is 9.18. The highest BCUT2D eigenvalue weighted by atomic mass is 35.5. The Balaban J connectivity index is 0.00000112. The topological polar surface area (TPSA) is 46.1 Å². The van der Waals surface area contributed by atoms with Gasteiger partial charge in [0.25, 0.3) is 0 Å². The van der Waals surface area contributed by atoms with Crippen molar-refractivity contribution in [3.05, 3.63) is 35.4 Å². The highest BCUT2D eigenvalue weighted by Crippen LogP contribution is 2.20. The Hall–Kier alpha value is -0.610. The van der Waals surface area contributed by atoms with Crippen LogP contribution in [-0.4, -0.2) is 24.8 Å². The summed E-state index contributed by atoms with van der Waals surface area (Å²) in [5.41, 5.74) is 2.11. The predicted octanol–water partition coefficient (Wildman–Crippen LogP) is -3.18. The third-order valence-electron chi connectivity index (χ3n) is 2.59. The van der Waals surface area contributed by atoms with Crippen molar-refractivity contribution >= 4 is 0 Å². The van der Waals surface area contributed by atoms with Crippen molar-refractivity contribution in [3.8, 4) is 0 Å². The smallest absolute Gasteiger partial charge is 0.132 e. The zero-order valence-corrected chi connectivity index (χ0v) is 9.28. The second kappa shape index (κ2) is 6.08. The molecule has 1 aliphatic rings. The lowest BCUT2D eigenvalue weighted by atomic mass is 10.0. The number of quaternary nitrogens is 1. The van der Waals surface area contributed by atoms with Gasteiger partial charge in [0.2, 0.25) is 0 Å². The molecule has 1 atom stereocenters. The van der Waals surface area contributed by atoms with Gasteiger partial charge in [-0.1, -0.05) is 24.3 Å². The minimum absolute atomic E-state index is 0. The number of halogens is 1. The number of morpholine rings is 1. The van der Waals surface area contributed by atoms with Crippen LogP contribution in [0, 0.1) is 0 Å². The predicted molar refractivity (Wildman–Crippen MR) is 52.7 cm³/mol. The number of aliphatic hydroxyl groups is 1. The lowest BCUT2D eigenvalue weighted by Crippen LogP contribution is -3.00. The van der Waals surface area contributed by atoms with E-state index in [1.54, 1.807) is 0 Å². The molecule has 0 spiro atoms. The Kier molecular flexibility index (Phi) is 5.05. The lowest BCUT2D eigenvalue weighted by Gasteiger charge is -2.22.